The fraction of sp³-hybridized carbons (Fsp3) is 0.278. The Hall–Kier alpha value is -2.29. The third-order valence-electron chi connectivity index (χ3n) is 3.53. The number of rotatable bonds is 6. The van der Waals surface area contributed by atoms with E-state index in [0.29, 0.717) is 6.42 Å². The molecule has 0 aromatic heterocycles. The Balaban J connectivity index is 2.00. The van der Waals surface area contributed by atoms with Gasteiger partial charge < -0.3 is 9.47 Å². The van der Waals surface area contributed by atoms with E-state index in [1.165, 1.54) is 0 Å². The van der Waals surface area contributed by atoms with Crippen LogP contribution in [0.3, 0.4) is 0 Å². The molecule has 0 aliphatic heterocycles. The molecule has 0 fully saturated rings. The Morgan fingerprint density at radius 3 is 2.14 bits per heavy atom. The van der Waals surface area contributed by atoms with Gasteiger partial charge in [0.1, 0.15) is 11.5 Å². The highest BCUT2D eigenvalue weighted by Crippen LogP contribution is 2.19. The lowest BCUT2D eigenvalue weighted by atomic mass is 9.99. The van der Waals surface area contributed by atoms with Crippen LogP contribution in [0.2, 0.25) is 0 Å². The van der Waals surface area contributed by atoms with Crippen molar-refractivity contribution in [2.75, 3.05) is 14.2 Å². The molecule has 0 aliphatic carbocycles. The summed E-state index contributed by atoms with van der Waals surface area (Å²) in [6, 6.07) is 13.4. The number of ether oxygens (including phenoxy) is 2. The first kappa shape index (κ1) is 15.1. The summed E-state index contributed by atoms with van der Waals surface area (Å²) >= 11 is 0. The van der Waals surface area contributed by atoms with E-state index in [2.05, 4.69) is 0 Å². The van der Waals surface area contributed by atoms with Crippen LogP contribution in [-0.4, -0.2) is 20.0 Å². The van der Waals surface area contributed by atoms with Crippen LogP contribution in [-0.2, 0) is 6.42 Å². The smallest absolute Gasteiger partial charge is 0.163 e. The molecule has 0 amide bonds. The highest BCUT2D eigenvalue weighted by Gasteiger charge is 2.10. The van der Waals surface area contributed by atoms with Crippen molar-refractivity contribution >= 4 is 5.78 Å². The molecule has 0 heterocycles. The molecular formula is C18H20O3. The Kier molecular flexibility index (Phi) is 4.99. The molecule has 2 rings (SSSR count). The average molecular weight is 284 g/mol. The summed E-state index contributed by atoms with van der Waals surface area (Å²) in [6.07, 6.45) is 1.23. The summed E-state index contributed by atoms with van der Waals surface area (Å²) in [4.78, 5) is 12.3. The summed E-state index contributed by atoms with van der Waals surface area (Å²) < 4.78 is 10.3. The van der Waals surface area contributed by atoms with Crippen molar-refractivity contribution in [2.45, 2.75) is 19.8 Å². The van der Waals surface area contributed by atoms with Crippen LogP contribution < -0.4 is 9.47 Å². The van der Waals surface area contributed by atoms with Crippen LogP contribution >= 0.6 is 0 Å². The van der Waals surface area contributed by atoms with E-state index in [1.807, 2.05) is 49.4 Å². The van der Waals surface area contributed by atoms with Gasteiger partial charge in [0.25, 0.3) is 0 Å². The first-order valence-corrected chi connectivity index (χ1v) is 6.95. The number of carbonyl (C=O) groups excluding carboxylic acids is 1. The van der Waals surface area contributed by atoms with Gasteiger partial charge in [-0.15, -0.1) is 0 Å². The van der Waals surface area contributed by atoms with Gasteiger partial charge in [0, 0.05) is 12.0 Å². The molecule has 0 N–H and O–H groups in total. The highest BCUT2D eigenvalue weighted by molar-refractivity contribution is 5.97. The molecule has 21 heavy (non-hydrogen) atoms. The molecule has 2 aromatic rings. The SMILES string of the molecule is COc1ccc(CCC(=O)c2ccc(OC)cc2C)cc1. The van der Waals surface area contributed by atoms with Crippen LogP contribution in [0.5, 0.6) is 11.5 Å². The zero-order chi connectivity index (χ0) is 15.2. The second kappa shape index (κ2) is 6.93. The molecule has 2 aromatic carbocycles. The Labute approximate surface area is 125 Å². The van der Waals surface area contributed by atoms with Crippen molar-refractivity contribution in [2.24, 2.45) is 0 Å². The molecule has 0 saturated heterocycles. The Bertz CT molecular complexity index is 615. The van der Waals surface area contributed by atoms with Gasteiger partial charge in [-0.3, -0.25) is 4.79 Å². The normalized spacial score (nSPS) is 10.2. The molecule has 0 radical (unpaired) electrons. The summed E-state index contributed by atoms with van der Waals surface area (Å²) in [7, 11) is 3.27. The zero-order valence-electron chi connectivity index (χ0n) is 12.7. The predicted molar refractivity (Wildman–Crippen MR) is 83.4 cm³/mol. The Morgan fingerprint density at radius 1 is 0.952 bits per heavy atom. The van der Waals surface area contributed by atoms with Crippen LogP contribution in [0.15, 0.2) is 42.5 Å². The molecule has 0 unspecified atom stereocenters. The van der Waals surface area contributed by atoms with Crippen molar-refractivity contribution in [1.29, 1.82) is 0 Å². The summed E-state index contributed by atoms with van der Waals surface area (Å²) in [5.41, 5.74) is 2.86. The standard InChI is InChI=1S/C18H20O3/c1-13-12-16(21-3)9-10-17(13)18(19)11-6-14-4-7-15(20-2)8-5-14/h4-5,7-10,12H,6,11H2,1-3H3. The van der Waals surface area contributed by atoms with E-state index in [-0.39, 0.29) is 5.78 Å². The monoisotopic (exact) mass is 284 g/mol. The lowest BCUT2D eigenvalue weighted by molar-refractivity contribution is 0.0982. The lowest BCUT2D eigenvalue weighted by Crippen LogP contribution is -2.04. The van der Waals surface area contributed by atoms with Crippen LogP contribution in [0.1, 0.15) is 27.9 Å². The number of methoxy groups -OCH3 is 2. The van der Waals surface area contributed by atoms with Gasteiger partial charge in [0.2, 0.25) is 0 Å². The van der Waals surface area contributed by atoms with E-state index >= 15 is 0 Å². The predicted octanol–water partition coefficient (Wildman–Crippen LogP) is 3.83. The van der Waals surface area contributed by atoms with Gasteiger partial charge in [0.05, 0.1) is 14.2 Å². The molecule has 0 atom stereocenters. The fourth-order valence-electron chi connectivity index (χ4n) is 2.26. The number of aryl methyl sites for hydroxylation is 2. The third kappa shape index (κ3) is 3.85. The summed E-state index contributed by atoms with van der Waals surface area (Å²) in [6.45, 7) is 1.93. The Morgan fingerprint density at radius 2 is 1.57 bits per heavy atom. The molecule has 3 heteroatoms. The number of carbonyl (C=O) groups is 1. The average Bonchev–Trinajstić information content (AvgIpc) is 2.52. The molecule has 0 aliphatic rings. The lowest BCUT2D eigenvalue weighted by Gasteiger charge is -2.08. The maximum atomic E-state index is 12.3. The molecule has 0 spiro atoms. The minimum absolute atomic E-state index is 0.158. The largest absolute Gasteiger partial charge is 0.497 e. The van der Waals surface area contributed by atoms with Gasteiger partial charge in [0.15, 0.2) is 5.78 Å². The first-order valence-electron chi connectivity index (χ1n) is 6.95. The zero-order valence-corrected chi connectivity index (χ0v) is 12.7. The van der Waals surface area contributed by atoms with E-state index < -0.39 is 0 Å². The van der Waals surface area contributed by atoms with Crippen molar-refractivity contribution in [3.8, 4) is 11.5 Å². The third-order valence-corrected chi connectivity index (χ3v) is 3.53. The van der Waals surface area contributed by atoms with E-state index in [9.17, 15) is 4.79 Å². The van der Waals surface area contributed by atoms with Crippen LogP contribution in [0.4, 0.5) is 0 Å². The van der Waals surface area contributed by atoms with Crippen molar-refractivity contribution < 1.29 is 14.3 Å². The number of ketones is 1. The molecule has 0 bridgehead atoms. The number of Topliss-reactive ketones (excluding diaryl/α,β-unsaturated/α-hetero) is 1. The van der Waals surface area contributed by atoms with Gasteiger partial charge in [-0.1, -0.05) is 12.1 Å². The number of hydrogen-bond donors (Lipinski definition) is 0. The molecule has 0 saturated carbocycles. The minimum atomic E-state index is 0.158. The molecular weight excluding hydrogens is 264 g/mol. The number of benzene rings is 2. The van der Waals surface area contributed by atoms with Gasteiger partial charge in [-0.05, 0) is 54.8 Å². The number of hydrogen-bond acceptors (Lipinski definition) is 3. The van der Waals surface area contributed by atoms with Gasteiger partial charge >= 0.3 is 0 Å². The summed E-state index contributed by atoms with van der Waals surface area (Å²) in [5, 5.41) is 0. The molecule has 110 valence electrons. The van der Waals surface area contributed by atoms with Crippen LogP contribution in [0.25, 0.3) is 0 Å². The van der Waals surface area contributed by atoms with Crippen LogP contribution in [0, 0.1) is 6.92 Å². The second-order valence-electron chi connectivity index (χ2n) is 4.95. The highest BCUT2D eigenvalue weighted by atomic mass is 16.5. The maximum Gasteiger partial charge on any atom is 0.163 e. The van der Waals surface area contributed by atoms with Crippen molar-refractivity contribution in [1.82, 2.24) is 0 Å². The van der Waals surface area contributed by atoms with Crippen molar-refractivity contribution in [3.05, 3.63) is 59.2 Å². The second-order valence-corrected chi connectivity index (χ2v) is 4.95. The summed E-state index contributed by atoms with van der Waals surface area (Å²) in [5.74, 6) is 1.77. The van der Waals surface area contributed by atoms with Gasteiger partial charge in [-0.2, -0.15) is 0 Å². The first-order chi connectivity index (χ1) is 10.1. The minimum Gasteiger partial charge on any atom is -0.497 e. The van der Waals surface area contributed by atoms with E-state index in [0.717, 1.165) is 34.6 Å². The fourth-order valence-corrected chi connectivity index (χ4v) is 2.26. The van der Waals surface area contributed by atoms with E-state index in [4.69, 9.17) is 9.47 Å². The molecule has 3 nitrogen and oxygen atoms in total. The quantitative estimate of drug-likeness (QED) is 0.756. The van der Waals surface area contributed by atoms with Gasteiger partial charge in [-0.25, -0.2) is 0 Å². The van der Waals surface area contributed by atoms with Crippen molar-refractivity contribution in [3.63, 3.8) is 0 Å². The van der Waals surface area contributed by atoms with E-state index in [1.54, 1.807) is 14.2 Å². The maximum absolute atomic E-state index is 12.3. The topological polar surface area (TPSA) is 35.5 Å².